The number of alkyl halides is 3. The molecule has 8 rings (SSSR count). The Morgan fingerprint density at radius 3 is 1.57 bits per heavy atom. The lowest BCUT2D eigenvalue weighted by Crippen LogP contribution is -2.46. The van der Waals surface area contributed by atoms with Gasteiger partial charge in [0.25, 0.3) is 11.8 Å². The van der Waals surface area contributed by atoms with Gasteiger partial charge < -0.3 is 34.2 Å². The van der Waals surface area contributed by atoms with E-state index >= 15 is 0 Å². The van der Waals surface area contributed by atoms with Crippen molar-refractivity contribution >= 4 is 45.6 Å². The van der Waals surface area contributed by atoms with Crippen LogP contribution in [0.1, 0.15) is 57.9 Å². The normalized spacial score (nSPS) is 17.1. The van der Waals surface area contributed by atoms with E-state index in [2.05, 4.69) is 9.97 Å². The van der Waals surface area contributed by atoms with Gasteiger partial charge in [-0.25, -0.2) is 0 Å². The fourth-order valence-electron chi connectivity index (χ4n) is 9.09. The number of para-hydroxylation sites is 1. The first-order chi connectivity index (χ1) is 32.6. The highest BCUT2D eigenvalue weighted by molar-refractivity contribution is 5.97. The van der Waals surface area contributed by atoms with E-state index in [0.717, 1.165) is 59.5 Å². The summed E-state index contributed by atoms with van der Waals surface area (Å²) < 4.78 is 58.0. The van der Waals surface area contributed by atoms with Crippen LogP contribution in [0.4, 0.5) is 13.2 Å². The molecule has 68 heavy (non-hydrogen) atoms. The molecule has 13 nitrogen and oxygen atoms in total. The third-order valence-corrected chi connectivity index (χ3v) is 12.3. The average Bonchev–Trinajstić information content (AvgIpc) is 3.32. The first-order valence-electron chi connectivity index (χ1n) is 22.5. The largest absolute Gasteiger partial charge is 0.496 e. The van der Waals surface area contributed by atoms with Crippen molar-refractivity contribution in [2.75, 3.05) is 33.3 Å². The minimum absolute atomic E-state index is 0.00864. The van der Waals surface area contributed by atoms with Gasteiger partial charge in [-0.2, -0.15) is 13.2 Å². The third-order valence-electron chi connectivity index (χ3n) is 12.3. The zero-order chi connectivity index (χ0) is 48.5. The fraction of sp³-hybridized carbons (Fsp3) is 0.346. The number of pyridine rings is 2. The standard InChI is InChI=1S/C26H25F3N2O4.C26H28N2O5/c1-16(25(34)31-12-4-5-17(15-31)13-24(32)33)35-18-8-9-21-19(10-11-30-23(21)14-18)20-6-2-3-7-22(20)26(27,28)29;1-17(26(31)28-13-5-6-18(16-28)14-25(29)30)33-19-9-10-21-20(11-12-27-23(21)15-19)22-7-3-4-8-24(22)32-2/h2-3,6-11,14,16-17H,4-5,12-13,15H2,1H3,(H,32,33);3-4,7-12,15,17-18H,5-6,13-14,16H2,1-2H3,(H,29,30)/t16-,17-;17-,18-/m11/s1. The lowest BCUT2D eigenvalue weighted by Gasteiger charge is -2.33. The van der Waals surface area contributed by atoms with Crippen molar-refractivity contribution in [3.05, 3.63) is 115 Å². The molecule has 2 N–H and O–H groups in total. The van der Waals surface area contributed by atoms with Crippen LogP contribution in [0.5, 0.6) is 17.2 Å². The summed E-state index contributed by atoms with van der Waals surface area (Å²) in [5.74, 6) is -0.442. The Morgan fingerprint density at radius 1 is 0.647 bits per heavy atom. The van der Waals surface area contributed by atoms with E-state index in [4.69, 9.17) is 24.4 Å². The Bertz CT molecular complexity index is 2790. The highest BCUT2D eigenvalue weighted by Crippen LogP contribution is 2.40. The van der Waals surface area contributed by atoms with Gasteiger partial charge in [-0.05, 0) is 117 Å². The van der Waals surface area contributed by atoms with Gasteiger partial charge in [-0.15, -0.1) is 0 Å². The van der Waals surface area contributed by atoms with Crippen LogP contribution >= 0.6 is 0 Å². The Labute approximate surface area is 391 Å². The van der Waals surface area contributed by atoms with Gasteiger partial charge in [0.2, 0.25) is 0 Å². The number of carboxylic acids is 2. The van der Waals surface area contributed by atoms with Crippen molar-refractivity contribution in [1.29, 1.82) is 0 Å². The number of halogens is 3. The van der Waals surface area contributed by atoms with E-state index in [1.165, 1.54) is 18.3 Å². The number of amides is 2. The summed E-state index contributed by atoms with van der Waals surface area (Å²) in [6.07, 6.45) is 0.451. The summed E-state index contributed by atoms with van der Waals surface area (Å²) in [5, 5.41) is 19.6. The first-order valence-corrected chi connectivity index (χ1v) is 22.5. The van der Waals surface area contributed by atoms with E-state index in [1.807, 2.05) is 48.5 Å². The molecule has 6 aromatic rings. The molecule has 2 amide bonds. The number of likely N-dealkylation sites (tertiary alicyclic amines) is 2. The number of piperidine rings is 2. The molecule has 2 aliphatic rings. The number of nitrogens with zero attached hydrogens (tertiary/aromatic N) is 4. The summed E-state index contributed by atoms with van der Waals surface area (Å²) in [5.41, 5.74) is 2.92. The molecule has 356 valence electrons. The Hall–Kier alpha value is -7.23. The van der Waals surface area contributed by atoms with Crippen LogP contribution in [0.2, 0.25) is 0 Å². The minimum atomic E-state index is -4.50. The second kappa shape index (κ2) is 21.6. The zero-order valence-electron chi connectivity index (χ0n) is 37.9. The maximum absolute atomic E-state index is 13.6. The number of aromatic nitrogens is 2. The first kappa shape index (κ1) is 48.7. The van der Waals surface area contributed by atoms with Crippen molar-refractivity contribution in [3.63, 3.8) is 0 Å². The summed E-state index contributed by atoms with van der Waals surface area (Å²) in [6, 6.07) is 27.2. The molecule has 0 spiro atoms. The number of benzene rings is 4. The predicted molar refractivity (Wildman–Crippen MR) is 249 cm³/mol. The highest BCUT2D eigenvalue weighted by Gasteiger charge is 2.34. The van der Waals surface area contributed by atoms with Gasteiger partial charge in [0, 0.05) is 79.9 Å². The lowest BCUT2D eigenvalue weighted by molar-refractivity contribution is -0.143. The molecule has 2 aliphatic heterocycles. The van der Waals surface area contributed by atoms with Crippen LogP contribution in [-0.2, 0) is 25.4 Å². The molecule has 0 bridgehead atoms. The van der Waals surface area contributed by atoms with Crippen molar-refractivity contribution in [1.82, 2.24) is 19.8 Å². The zero-order valence-corrected chi connectivity index (χ0v) is 37.9. The van der Waals surface area contributed by atoms with E-state index in [1.54, 1.807) is 67.3 Å². The number of hydrogen-bond donors (Lipinski definition) is 2. The second-order valence-electron chi connectivity index (χ2n) is 17.1. The SMILES string of the molecule is COc1ccccc1-c1ccnc2cc(O[C@H](C)C(=O)N3CCC[C@H](CC(=O)O)C3)ccc12.C[C@@H](Oc1ccc2c(-c3ccccc3C(F)(F)F)ccnc2c1)C(=O)N1CCC[C@H](CC(=O)O)C1. The van der Waals surface area contributed by atoms with Crippen LogP contribution in [0.25, 0.3) is 44.1 Å². The molecule has 4 heterocycles. The minimum Gasteiger partial charge on any atom is -0.496 e. The lowest BCUT2D eigenvalue weighted by atomic mass is 9.94. The molecule has 2 saturated heterocycles. The maximum Gasteiger partial charge on any atom is 0.417 e. The van der Waals surface area contributed by atoms with Crippen LogP contribution in [0.3, 0.4) is 0 Å². The van der Waals surface area contributed by atoms with Crippen molar-refractivity contribution in [3.8, 4) is 39.5 Å². The highest BCUT2D eigenvalue weighted by atomic mass is 19.4. The van der Waals surface area contributed by atoms with E-state index in [-0.39, 0.29) is 42.1 Å². The van der Waals surface area contributed by atoms with Crippen molar-refractivity contribution < 1.29 is 56.8 Å². The number of hydrogen-bond acceptors (Lipinski definition) is 9. The van der Waals surface area contributed by atoms with Crippen molar-refractivity contribution in [2.24, 2.45) is 11.8 Å². The van der Waals surface area contributed by atoms with Crippen LogP contribution < -0.4 is 14.2 Å². The summed E-state index contributed by atoms with van der Waals surface area (Å²) in [4.78, 5) is 60.0. The Morgan fingerprint density at radius 2 is 1.10 bits per heavy atom. The molecule has 2 aromatic heterocycles. The van der Waals surface area contributed by atoms with Crippen LogP contribution in [0, 0.1) is 11.8 Å². The number of carbonyl (C=O) groups excluding carboxylic acids is 2. The molecule has 4 aromatic carbocycles. The van der Waals surface area contributed by atoms with E-state index in [9.17, 15) is 32.3 Å². The number of rotatable bonds is 13. The molecule has 4 atom stereocenters. The number of carboxylic acid groups (broad SMARTS) is 2. The molecule has 0 radical (unpaired) electrons. The van der Waals surface area contributed by atoms with Gasteiger partial charge in [-0.1, -0.05) is 36.4 Å². The molecule has 2 fully saturated rings. The molecule has 16 heteroatoms. The van der Waals surface area contributed by atoms with E-state index in [0.29, 0.717) is 54.1 Å². The number of carbonyl (C=O) groups is 4. The topological polar surface area (TPSA) is 169 Å². The molecular formula is C52H53F3N4O9. The van der Waals surface area contributed by atoms with Gasteiger partial charge in [0.15, 0.2) is 12.2 Å². The summed E-state index contributed by atoms with van der Waals surface area (Å²) in [6.45, 7) is 5.36. The molecule has 0 aliphatic carbocycles. The predicted octanol–water partition coefficient (Wildman–Crippen LogP) is 9.79. The van der Waals surface area contributed by atoms with Gasteiger partial charge in [0.05, 0.1) is 23.7 Å². The fourth-order valence-corrected chi connectivity index (χ4v) is 9.09. The van der Waals surface area contributed by atoms with Crippen LogP contribution in [0.15, 0.2) is 109 Å². The Balaban J connectivity index is 0.000000202. The molecule has 0 unspecified atom stereocenters. The maximum atomic E-state index is 13.6. The summed E-state index contributed by atoms with van der Waals surface area (Å²) in [7, 11) is 1.65. The van der Waals surface area contributed by atoms with Gasteiger partial charge in [-0.3, -0.25) is 29.1 Å². The molecule has 0 saturated carbocycles. The van der Waals surface area contributed by atoms with Crippen LogP contribution in [-0.4, -0.2) is 99.2 Å². The number of fused-ring (bicyclic) bond motifs is 2. The average molecular weight is 935 g/mol. The van der Waals surface area contributed by atoms with Crippen molar-refractivity contribution in [2.45, 2.75) is 70.8 Å². The molecular weight excluding hydrogens is 882 g/mol. The van der Waals surface area contributed by atoms with E-state index < -0.39 is 35.9 Å². The monoisotopic (exact) mass is 934 g/mol. The summed E-state index contributed by atoms with van der Waals surface area (Å²) >= 11 is 0. The van der Waals surface area contributed by atoms with Gasteiger partial charge in [0.1, 0.15) is 17.2 Å². The smallest absolute Gasteiger partial charge is 0.417 e. The number of aliphatic carboxylic acids is 2. The number of methoxy groups -OCH3 is 1. The Kier molecular flexibility index (Phi) is 15.5. The number of ether oxygens (including phenoxy) is 3. The third kappa shape index (κ3) is 11.8. The van der Waals surface area contributed by atoms with Gasteiger partial charge >= 0.3 is 18.1 Å². The second-order valence-corrected chi connectivity index (χ2v) is 17.1. The quantitative estimate of drug-likeness (QED) is 0.113.